The second kappa shape index (κ2) is 5.56. The van der Waals surface area contributed by atoms with Crippen LogP contribution in [0.4, 0.5) is 0 Å². The molecule has 0 aliphatic carbocycles. The van der Waals surface area contributed by atoms with Crippen molar-refractivity contribution >= 4 is 0 Å². The minimum absolute atomic E-state index is 0.841. The average Bonchev–Trinajstić information content (AvgIpc) is 1.69. The zero-order valence-corrected chi connectivity index (χ0v) is 4.83. The molecule has 0 unspecified atom stereocenters. The fourth-order valence-electron chi connectivity index (χ4n) is 0.463. The summed E-state index contributed by atoms with van der Waals surface area (Å²) in [6.45, 7) is 2.16. The van der Waals surface area contributed by atoms with Crippen molar-refractivity contribution in [2.45, 2.75) is 32.6 Å². The molecule has 39 valence electrons. The number of hydrogen-bond acceptors (Lipinski definition) is 0. The van der Waals surface area contributed by atoms with Gasteiger partial charge in [0.05, 0.1) is 0 Å². The maximum absolute atomic E-state index is 6.53. The van der Waals surface area contributed by atoms with Crippen molar-refractivity contribution in [1.82, 2.24) is 0 Å². The van der Waals surface area contributed by atoms with Gasteiger partial charge in [-0.3, -0.25) is 0 Å². The molecule has 0 aliphatic rings. The van der Waals surface area contributed by atoms with E-state index < -0.39 is 0 Å². The molecule has 0 aliphatic heterocycles. The van der Waals surface area contributed by atoms with E-state index >= 15 is 0 Å². The quantitative estimate of drug-likeness (QED) is 0.372. The number of unbranched alkanes of at least 4 members (excludes halogenated alkanes) is 3. The van der Waals surface area contributed by atoms with Crippen molar-refractivity contribution in [2.24, 2.45) is 0 Å². The summed E-state index contributed by atoms with van der Waals surface area (Å²) >= 11 is 0. The normalized spacial score (nSPS) is 8.00. The lowest BCUT2D eigenvalue weighted by molar-refractivity contribution is 0.737. The van der Waals surface area contributed by atoms with Crippen LogP contribution in [-0.2, 0) is 0 Å². The van der Waals surface area contributed by atoms with Gasteiger partial charge in [0.15, 0.2) is 0 Å². The molecule has 0 atom stereocenters. The standard InChI is InChI=1S/C7H11/c1-3-5-7-6-4-2/h3,5-7H2,1H3. The second-order valence-electron chi connectivity index (χ2n) is 1.63. The SMILES string of the molecule is [C]#CCCCCC. The largest absolute Gasteiger partial charge is 0.0891 e. The third-order valence-electron chi connectivity index (χ3n) is 0.905. The highest BCUT2D eigenvalue weighted by Gasteiger charge is 1.78. The lowest BCUT2D eigenvalue weighted by Gasteiger charge is -1.85. The van der Waals surface area contributed by atoms with E-state index in [1.807, 2.05) is 0 Å². The van der Waals surface area contributed by atoms with Crippen LogP contribution in [0.3, 0.4) is 0 Å². The van der Waals surface area contributed by atoms with E-state index in [0.717, 1.165) is 12.8 Å². The Bertz CT molecular complexity index is 56.9. The van der Waals surface area contributed by atoms with Gasteiger partial charge in [0.2, 0.25) is 0 Å². The molecule has 0 bridgehead atoms. The number of rotatable bonds is 3. The highest BCUT2D eigenvalue weighted by atomic mass is 13.8. The number of hydrogen-bond donors (Lipinski definition) is 0. The summed E-state index contributed by atoms with van der Waals surface area (Å²) in [5, 5.41) is 0. The van der Waals surface area contributed by atoms with Crippen LogP contribution < -0.4 is 0 Å². The lowest BCUT2D eigenvalue weighted by Crippen LogP contribution is -1.68. The fourth-order valence-corrected chi connectivity index (χ4v) is 0.463. The smallest absolute Gasteiger partial charge is 0.00989 e. The average molecular weight is 95.2 g/mol. The Kier molecular flexibility index (Phi) is 5.21. The first-order valence-electron chi connectivity index (χ1n) is 2.81. The Morgan fingerprint density at radius 3 is 2.57 bits per heavy atom. The van der Waals surface area contributed by atoms with Gasteiger partial charge in [-0.15, -0.1) is 0 Å². The molecule has 7 heavy (non-hydrogen) atoms. The molecule has 0 aromatic rings. The molecular formula is C7H11. The minimum Gasteiger partial charge on any atom is -0.0891 e. The predicted octanol–water partition coefficient (Wildman–Crippen LogP) is 2.16. The van der Waals surface area contributed by atoms with Crippen molar-refractivity contribution in [3.63, 3.8) is 0 Å². The van der Waals surface area contributed by atoms with Crippen molar-refractivity contribution in [1.29, 1.82) is 0 Å². The summed E-state index contributed by atoms with van der Waals surface area (Å²) in [6.07, 6.45) is 11.0. The van der Waals surface area contributed by atoms with Crippen LogP contribution in [-0.4, -0.2) is 0 Å². The maximum Gasteiger partial charge on any atom is 0.00989 e. The maximum atomic E-state index is 6.53. The van der Waals surface area contributed by atoms with Crippen LogP contribution in [0.5, 0.6) is 0 Å². The van der Waals surface area contributed by atoms with E-state index in [-0.39, 0.29) is 0 Å². The highest BCUT2D eigenvalue weighted by Crippen LogP contribution is 1.95. The van der Waals surface area contributed by atoms with Gasteiger partial charge >= 0.3 is 0 Å². The Morgan fingerprint density at radius 2 is 2.14 bits per heavy atom. The van der Waals surface area contributed by atoms with E-state index in [0.29, 0.717) is 0 Å². The van der Waals surface area contributed by atoms with Gasteiger partial charge in [0.25, 0.3) is 0 Å². The van der Waals surface area contributed by atoms with Gasteiger partial charge in [0.1, 0.15) is 0 Å². The lowest BCUT2D eigenvalue weighted by atomic mass is 10.2. The van der Waals surface area contributed by atoms with E-state index in [4.69, 9.17) is 6.42 Å². The molecule has 1 radical (unpaired) electrons. The zero-order valence-electron chi connectivity index (χ0n) is 4.83. The molecule has 0 heteroatoms. The molecule has 0 N–H and O–H groups in total. The summed E-state index contributed by atoms with van der Waals surface area (Å²) in [5.74, 6) is 2.35. The van der Waals surface area contributed by atoms with E-state index in [2.05, 4.69) is 12.8 Å². The topological polar surface area (TPSA) is 0 Å². The van der Waals surface area contributed by atoms with Crippen molar-refractivity contribution < 1.29 is 0 Å². The second-order valence-corrected chi connectivity index (χ2v) is 1.63. The van der Waals surface area contributed by atoms with E-state index in [1.54, 1.807) is 0 Å². The van der Waals surface area contributed by atoms with E-state index in [1.165, 1.54) is 12.8 Å². The van der Waals surface area contributed by atoms with E-state index in [9.17, 15) is 0 Å². The summed E-state index contributed by atoms with van der Waals surface area (Å²) in [7, 11) is 0. The zero-order chi connectivity index (χ0) is 5.54. The molecule has 0 rings (SSSR count). The fraction of sp³-hybridized carbons (Fsp3) is 0.714. The Labute approximate surface area is 45.9 Å². The first-order chi connectivity index (χ1) is 3.41. The van der Waals surface area contributed by atoms with Crippen molar-refractivity contribution in [2.75, 3.05) is 0 Å². The Balaban J connectivity index is 2.60. The van der Waals surface area contributed by atoms with Crippen LogP contribution in [0, 0.1) is 12.3 Å². The third kappa shape index (κ3) is 5.56. The molecule has 0 amide bonds. The summed E-state index contributed by atoms with van der Waals surface area (Å²) < 4.78 is 0. The summed E-state index contributed by atoms with van der Waals surface area (Å²) in [5.41, 5.74) is 0. The van der Waals surface area contributed by atoms with Crippen molar-refractivity contribution in [3.05, 3.63) is 6.42 Å². The monoisotopic (exact) mass is 95.1 g/mol. The van der Waals surface area contributed by atoms with Gasteiger partial charge in [0, 0.05) is 6.42 Å². The molecule has 0 spiro atoms. The third-order valence-corrected chi connectivity index (χ3v) is 0.905. The highest BCUT2D eigenvalue weighted by molar-refractivity contribution is 4.73. The minimum atomic E-state index is 0.841. The van der Waals surface area contributed by atoms with Gasteiger partial charge in [-0.05, 0) is 12.8 Å². The van der Waals surface area contributed by atoms with Gasteiger partial charge in [-0.1, -0.05) is 25.7 Å². The van der Waals surface area contributed by atoms with Gasteiger partial charge in [-0.25, -0.2) is 0 Å². The molecule has 0 nitrogen and oxygen atoms in total. The van der Waals surface area contributed by atoms with Gasteiger partial charge < -0.3 is 0 Å². The van der Waals surface area contributed by atoms with Gasteiger partial charge in [-0.2, -0.15) is 0 Å². The molecule has 0 aromatic heterocycles. The Morgan fingerprint density at radius 1 is 1.43 bits per heavy atom. The molecule has 0 saturated heterocycles. The summed E-state index contributed by atoms with van der Waals surface area (Å²) in [6, 6.07) is 0. The molecule has 0 fully saturated rings. The van der Waals surface area contributed by atoms with Crippen LogP contribution in [0.15, 0.2) is 0 Å². The van der Waals surface area contributed by atoms with Crippen LogP contribution >= 0.6 is 0 Å². The first-order valence-corrected chi connectivity index (χ1v) is 2.81. The predicted molar refractivity (Wildman–Crippen MR) is 31.3 cm³/mol. The molecule has 0 heterocycles. The summed E-state index contributed by atoms with van der Waals surface area (Å²) in [4.78, 5) is 0. The van der Waals surface area contributed by atoms with Crippen molar-refractivity contribution in [3.8, 4) is 5.92 Å². The molecule has 0 aromatic carbocycles. The first kappa shape index (κ1) is 6.56. The van der Waals surface area contributed by atoms with Crippen LogP contribution in [0.25, 0.3) is 0 Å². The Hall–Kier alpha value is -0.440. The molecular weight excluding hydrogens is 84.1 g/mol. The van der Waals surface area contributed by atoms with Crippen LogP contribution in [0.2, 0.25) is 0 Å². The van der Waals surface area contributed by atoms with Crippen LogP contribution in [0.1, 0.15) is 32.6 Å². The molecule has 0 saturated carbocycles.